The van der Waals surface area contributed by atoms with Gasteiger partial charge in [-0.05, 0) is 67.2 Å². The number of pyridine rings is 1. The number of anilines is 2. The van der Waals surface area contributed by atoms with E-state index >= 15 is 0 Å². The molecule has 2 heterocycles. The molecule has 0 radical (unpaired) electrons. The van der Waals surface area contributed by atoms with Crippen molar-refractivity contribution in [3.8, 4) is 22.8 Å². The highest BCUT2D eigenvalue weighted by atomic mass is 16.5. The molecule has 4 N–H and O–H groups in total. The topological polar surface area (TPSA) is 113 Å². The maximum atomic E-state index is 8.76. The summed E-state index contributed by atoms with van der Waals surface area (Å²) < 4.78 is 10.7. The molecule has 0 aliphatic carbocycles. The first kappa shape index (κ1) is 25.7. The largest absolute Gasteiger partial charge is 0.494 e. The molecule has 0 saturated carbocycles. The number of ether oxygens (including phenoxy) is 2. The summed E-state index contributed by atoms with van der Waals surface area (Å²) in [5.74, 6) is 3.18. The molecule has 5 aromatic rings. The molecule has 9 heteroatoms. The number of aromatic nitrogens is 3. The van der Waals surface area contributed by atoms with Crippen LogP contribution < -0.4 is 20.3 Å². The first-order valence-corrected chi connectivity index (χ1v) is 12.1. The minimum absolute atomic E-state index is 0.471. The molecule has 0 spiro atoms. The third-order valence-corrected chi connectivity index (χ3v) is 5.43. The van der Waals surface area contributed by atoms with Crippen LogP contribution in [0.5, 0.6) is 11.5 Å². The van der Waals surface area contributed by atoms with Crippen molar-refractivity contribution in [2.24, 2.45) is 0 Å². The van der Waals surface area contributed by atoms with Gasteiger partial charge >= 0.3 is 7.12 Å². The standard InChI is InChI=1S/C20H18N4O.C8H11BO3/c1-2-25-16-9-7-14(8-10-16)20-17-6-4-3-5-15(17)13-19(23-20)22-18-11-12-21-24-18;1-2-12-8-5-3-7(4-6-8)9(10)11/h3-13H,2H2,1H3,(H2,21,22,23,24);3-6,10-11H,2H2,1H3. The quantitative estimate of drug-likeness (QED) is 0.234. The number of nitrogens with one attached hydrogen (secondary N) is 2. The Bertz CT molecular complexity index is 1390. The first-order chi connectivity index (χ1) is 18.1. The van der Waals surface area contributed by atoms with Crippen LogP contribution in [0.25, 0.3) is 22.0 Å². The molecule has 5 rings (SSSR count). The number of nitrogens with zero attached hydrogens (tertiary/aromatic N) is 2. The van der Waals surface area contributed by atoms with Crippen LogP contribution in [0.3, 0.4) is 0 Å². The van der Waals surface area contributed by atoms with Gasteiger partial charge in [0.1, 0.15) is 23.1 Å². The highest BCUT2D eigenvalue weighted by Gasteiger charge is 2.10. The number of fused-ring (bicyclic) bond motifs is 1. The highest BCUT2D eigenvalue weighted by molar-refractivity contribution is 6.58. The van der Waals surface area contributed by atoms with E-state index in [0.717, 1.165) is 45.2 Å². The van der Waals surface area contributed by atoms with Gasteiger partial charge in [0.25, 0.3) is 0 Å². The summed E-state index contributed by atoms with van der Waals surface area (Å²) in [7, 11) is -1.40. The molecule has 0 bridgehead atoms. The van der Waals surface area contributed by atoms with Crippen LogP contribution in [0.4, 0.5) is 11.6 Å². The van der Waals surface area contributed by atoms with Gasteiger partial charge in [-0.25, -0.2) is 4.98 Å². The van der Waals surface area contributed by atoms with Crippen molar-refractivity contribution in [3.63, 3.8) is 0 Å². The zero-order chi connectivity index (χ0) is 26.0. The smallest absolute Gasteiger partial charge is 0.488 e. The Hall–Kier alpha value is -4.34. The Kier molecular flexibility index (Phi) is 8.75. The predicted molar refractivity (Wildman–Crippen MR) is 148 cm³/mol. The van der Waals surface area contributed by atoms with Crippen LogP contribution in [-0.4, -0.2) is 45.6 Å². The van der Waals surface area contributed by atoms with E-state index in [1.54, 1.807) is 30.5 Å². The fourth-order valence-electron chi connectivity index (χ4n) is 3.72. The molecule has 0 aliphatic heterocycles. The Balaban J connectivity index is 0.000000225. The number of hydrogen-bond acceptors (Lipinski definition) is 7. The van der Waals surface area contributed by atoms with Gasteiger partial charge < -0.3 is 24.8 Å². The summed E-state index contributed by atoms with van der Waals surface area (Å²) in [6.45, 7) is 5.15. The fourth-order valence-corrected chi connectivity index (χ4v) is 3.72. The van der Waals surface area contributed by atoms with E-state index in [4.69, 9.17) is 24.5 Å². The van der Waals surface area contributed by atoms with Gasteiger partial charge in [0.05, 0.1) is 25.1 Å². The van der Waals surface area contributed by atoms with Gasteiger partial charge in [-0.2, -0.15) is 5.10 Å². The van der Waals surface area contributed by atoms with Crippen molar-refractivity contribution >= 4 is 35.0 Å². The van der Waals surface area contributed by atoms with E-state index in [2.05, 4.69) is 27.6 Å². The average molecular weight is 496 g/mol. The van der Waals surface area contributed by atoms with Crippen LogP contribution in [0, 0.1) is 0 Å². The lowest BCUT2D eigenvalue weighted by molar-refractivity contribution is 0.340. The Morgan fingerprint density at radius 1 is 0.838 bits per heavy atom. The van der Waals surface area contributed by atoms with Gasteiger partial charge in [0.15, 0.2) is 0 Å². The van der Waals surface area contributed by atoms with Gasteiger partial charge in [-0.1, -0.05) is 36.4 Å². The molecule has 37 heavy (non-hydrogen) atoms. The number of benzene rings is 3. The third kappa shape index (κ3) is 6.87. The molecule has 0 saturated heterocycles. The number of H-pyrrole nitrogens is 1. The summed E-state index contributed by atoms with van der Waals surface area (Å²) in [5, 5.41) is 29.9. The monoisotopic (exact) mass is 496 g/mol. The second-order valence-corrected chi connectivity index (χ2v) is 8.01. The van der Waals surface area contributed by atoms with Gasteiger partial charge in [-0.3, -0.25) is 5.10 Å². The summed E-state index contributed by atoms with van der Waals surface area (Å²) in [5.41, 5.74) is 2.45. The minimum atomic E-state index is -1.40. The first-order valence-electron chi connectivity index (χ1n) is 12.1. The van der Waals surface area contributed by atoms with Crippen molar-refractivity contribution in [1.82, 2.24) is 15.2 Å². The molecule has 0 unspecified atom stereocenters. The van der Waals surface area contributed by atoms with Crippen LogP contribution >= 0.6 is 0 Å². The van der Waals surface area contributed by atoms with Crippen LogP contribution in [0.2, 0.25) is 0 Å². The number of aromatic amines is 1. The van der Waals surface area contributed by atoms with E-state index in [-0.39, 0.29) is 0 Å². The van der Waals surface area contributed by atoms with E-state index in [1.165, 1.54) is 0 Å². The van der Waals surface area contributed by atoms with Crippen molar-refractivity contribution in [2.45, 2.75) is 13.8 Å². The number of rotatable bonds is 8. The lowest BCUT2D eigenvalue weighted by Gasteiger charge is -2.11. The summed E-state index contributed by atoms with van der Waals surface area (Å²) in [6.07, 6.45) is 1.71. The molecular weight excluding hydrogens is 467 g/mol. The Morgan fingerprint density at radius 3 is 2.08 bits per heavy atom. The van der Waals surface area contributed by atoms with E-state index in [9.17, 15) is 0 Å². The molecule has 188 valence electrons. The predicted octanol–water partition coefficient (Wildman–Crippen LogP) is 4.53. The Labute approximate surface area is 216 Å². The van der Waals surface area contributed by atoms with Crippen molar-refractivity contribution < 1.29 is 19.5 Å². The molecule has 0 aliphatic rings. The van der Waals surface area contributed by atoms with Crippen LogP contribution in [0.15, 0.2) is 91.1 Å². The van der Waals surface area contributed by atoms with Crippen molar-refractivity contribution in [1.29, 1.82) is 0 Å². The van der Waals surface area contributed by atoms with Gasteiger partial charge in [0.2, 0.25) is 0 Å². The SMILES string of the molecule is CCOc1ccc(-c2nc(Nc3ccn[nH]3)cc3ccccc23)cc1.CCOc1ccc(B(O)O)cc1. The van der Waals surface area contributed by atoms with Gasteiger partial charge in [0, 0.05) is 17.0 Å². The zero-order valence-electron chi connectivity index (χ0n) is 20.8. The fraction of sp³-hybridized carbons (Fsp3) is 0.143. The molecule has 8 nitrogen and oxygen atoms in total. The highest BCUT2D eigenvalue weighted by Crippen LogP contribution is 2.31. The van der Waals surface area contributed by atoms with Crippen LogP contribution in [-0.2, 0) is 0 Å². The maximum Gasteiger partial charge on any atom is 0.488 e. The molecule has 2 aromatic heterocycles. The summed E-state index contributed by atoms with van der Waals surface area (Å²) in [4.78, 5) is 4.82. The van der Waals surface area contributed by atoms with E-state index in [0.29, 0.717) is 18.7 Å². The molecular formula is C28H29BN4O4. The Morgan fingerprint density at radius 2 is 1.49 bits per heavy atom. The molecule has 0 amide bonds. The van der Waals surface area contributed by atoms with Crippen molar-refractivity contribution in [2.75, 3.05) is 18.5 Å². The second-order valence-electron chi connectivity index (χ2n) is 8.01. The molecule has 3 aromatic carbocycles. The third-order valence-electron chi connectivity index (χ3n) is 5.43. The lowest BCUT2D eigenvalue weighted by atomic mass is 9.80. The lowest BCUT2D eigenvalue weighted by Crippen LogP contribution is -2.29. The molecule has 0 fully saturated rings. The van der Waals surface area contributed by atoms with E-state index in [1.807, 2.05) is 62.4 Å². The summed E-state index contributed by atoms with van der Waals surface area (Å²) >= 11 is 0. The number of hydrogen-bond donors (Lipinski definition) is 4. The average Bonchev–Trinajstić information content (AvgIpc) is 3.43. The second kappa shape index (κ2) is 12.6. The summed E-state index contributed by atoms with van der Waals surface area (Å²) in [6, 6.07) is 26.8. The normalized spacial score (nSPS) is 10.4. The maximum absolute atomic E-state index is 8.76. The molecule has 0 atom stereocenters. The van der Waals surface area contributed by atoms with E-state index < -0.39 is 7.12 Å². The van der Waals surface area contributed by atoms with Gasteiger partial charge in [-0.15, -0.1) is 0 Å². The minimum Gasteiger partial charge on any atom is -0.494 e. The van der Waals surface area contributed by atoms with Crippen LogP contribution in [0.1, 0.15) is 13.8 Å². The van der Waals surface area contributed by atoms with Crippen molar-refractivity contribution in [3.05, 3.63) is 91.1 Å². The zero-order valence-corrected chi connectivity index (χ0v) is 20.8.